The molecule has 132 valence electrons. The number of rotatable bonds is 3. The maximum absolute atomic E-state index is 13.2. The highest BCUT2D eigenvalue weighted by Crippen LogP contribution is 2.32. The van der Waals surface area contributed by atoms with Crippen molar-refractivity contribution in [2.45, 2.75) is 25.0 Å². The molecule has 1 aromatic carbocycles. The molecule has 2 aliphatic rings. The van der Waals surface area contributed by atoms with E-state index < -0.39 is 0 Å². The lowest BCUT2D eigenvalue weighted by Crippen LogP contribution is -2.61. The molecule has 1 amide bonds. The summed E-state index contributed by atoms with van der Waals surface area (Å²) in [6.45, 7) is 3.39. The highest BCUT2D eigenvalue weighted by molar-refractivity contribution is 7.07. The number of halogens is 1. The number of ether oxygens (including phenoxy) is 1. The molecule has 0 aliphatic carbocycles. The number of morpholine rings is 1. The Balaban J connectivity index is 1.50. The maximum Gasteiger partial charge on any atom is 0.253 e. The zero-order valence-electron chi connectivity index (χ0n) is 14.0. The summed E-state index contributed by atoms with van der Waals surface area (Å²) >= 11 is 1.71. The van der Waals surface area contributed by atoms with E-state index in [4.69, 9.17) is 4.74 Å². The maximum atomic E-state index is 13.2. The van der Waals surface area contributed by atoms with Gasteiger partial charge in [0.15, 0.2) is 0 Å². The van der Waals surface area contributed by atoms with Crippen LogP contribution in [0, 0.1) is 5.82 Å². The Kier molecular flexibility index (Phi) is 4.58. The van der Waals surface area contributed by atoms with Crippen molar-refractivity contribution in [1.82, 2.24) is 4.90 Å². The van der Waals surface area contributed by atoms with Crippen LogP contribution in [0.4, 0.5) is 10.1 Å². The number of carbonyl (C=O) groups is 1. The Hall–Kier alpha value is -1.76. The molecule has 0 radical (unpaired) electrons. The number of nitrogens with zero attached hydrogens (tertiary/aromatic N) is 2. The molecule has 3 heterocycles. The fourth-order valence-electron chi connectivity index (χ4n) is 3.78. The Morgan fingerprint density at radius 2 is 2.04 bits per heavy atom. The van der Waals surface area contributed by atoms with Crippen molar-refractivity contribution in [3.8, 4) is 0 Å². The average molecular weight is 360 g/mol. The molecule has 2 saturated heterocycles. The first-order valence-electron chi connectivity index (χ1n) is 8.57. The molecule has 4 rings (SSSR count). The minimum Gasteiger partial charge on any atom is -0.362 e. The van der Waals surface area contributed by atoms with E-state index >= 15 is 0 Å². The largest absolute Gasteiger partial charge is 0.362 e. The smallest absolute Gasteiger partial charge is 0.253 e. The van der Waals surface area contributed by atoms with Crippen molar-refractivity contribution in [3.05, 3.63) is 52.5 Å². The summed E-state index contributed by atoms with van der Waals surface area (Å²) in [5, 5.41) is 4.28. The molecule has 6 heteroatoms. The van der Waals surface area contributed by atoms with E-state index in [0.717, 1.165) is 38.2 Å². The van der Waals surface area contributed by atoms with Crippen LogP contribution in [0.5, 0.6) is 0 Å². The van der Waals surface area contributed by atoms with Gasteiger partial charge in [-0.15, -0.1) is 0 Å². The molecule has 1 aromatic heterocycles. The summed E-state index contributed by atoms with van der Waals surface area (Å²) in [7, 11) is 0. The first-order chi connectivity index (χ1) is 12.1. The summed E-state index contributed by atoms with van der Waals surface area (Å²) in [6, 6.07) is 8.28. The Morgan fingerprint density at radius 1 is 1.20 bits per heavy atom. The summed E-state index contributed by atoms with van der Waals surface area (Å²) in [5.74, 6) is -0.356. The molecule has 1 atom stereocenters. The van der Waals surface area contributed by atoms with Crippen LogP contribution < -0.4 is 4.90 Å². The minimum absolute atomic E-state index is 0.0628. The molecule has 4 nitrogen and oxygen atoms in total. The van der Waals surface area contributed by atoms with Gasteiger partial charge in [0.05, 0.1) is 12.1 Å². The predicted octanol–water partition coefficient (Wildman–Crippen LogP) is 3.29. The Morgan fingerprint density at radius 3 is 2.80 bits per heavy atom. The van der Waals surface area contributed by atoms with Gasteiger partial charge in [0, 0.05) is 18.8 Å². The quantitative estimate of drug-likeness (QED) is 0.842. The molecule has 0 N–H and O–H groups in total. The van der Waals surface area contributed by atoms with E-state index in [2.05, 4.69) is 21.7 Å². The molecule has 2 aliphatic heterocycles. The van der Waals surface area contributed by atoms with Crippen LogP contribution in [0.3, 0.4) is 0 Å². The van der Waals surface area contributed by atoms with Gasteiger partial charge < -0.3 is 9.64 Å². The summed E-state index contributed by atoms with van der Waals surface area (Å²) in [4.78, 5) is 16.5. The van der Waals surface area contributed by atoms with E-state index in [9.17, 15) is 9.18 Å². The third-order valence-electron chi connectivity index (χ3n) is 4.99. The Labute approximate surface area is 150 Å². The lowest BCUT2D eigenvalue weighted by Gasteiger charge is -2.47. The second-order valence-electron chi connectivity index (χ2n) is 6.87. The van der Waals surface area contributed by atoms with Gasteiger partial charge in [-0.3, -0.25) is 9.69 Å². The van der Waals surface area contributed by atoms with Crippen LogP contribution in [-0.2, 0) is 16.1 Å². The number of hydrogen-bond donors (Lipinski definition) is 0. The summed E-state index contributed by atoms with van der Waals surface area (Å²) in [6.07, 6.45) is 1.99. The number of likely N-dealkylation sites (tertiary alicyclic amines) is 1. The van der Waals surface area contributed by atoms with Crippen LogP contribution in [0.2, 0.25) is 0 Å². The molecule has 0 bridgehead atoms. The van der Waals surface area contributed by atoms with Gasteiger partial charge in [-0.1, -0.05) is 0 Å². The monoisotopic (exact) mass is 360 g/mol. The first kappa shape index (κ1) is 16.7. The molecule has 1 spiro atoms. The fourth-order valence-corrected chi connectivity index (χ4v) is 4.44. The molecule has 2 aromatic rings. The fraction of sp³-hybridized carbons (Fsp3) is 0.421. The zero-order valence-corrected chi connectivity index (χ0v) is 14.8. The third kappa shape index (κ3) is 3.61. The van der Waals surface area contributed by atoms with Crippen LogP contribution in [0.15, 0.2) is 41.1 Å². The van der Waals surface area contributed by atoms with E-state index in [1.165, 1.54) is 17.7 Å². The SMILES string of the molecule is O=C1COC2(CCCN(Cc3ccsc3)C2)CN1c1ccc(F)cc1. The van der Waals surface area contributed by atoms with E-state index in [1.807, 2.05) is 0 Å². The molecule has 0 saturated carbocycles. The summed E-state index contributed by atoms with van der Waals surface area (Å²) < 4.78 is 19.2. The van der Waals surface area contributed by atoms with Gasteiger partial charge in [-0.05, 0) is 66.0 Å². The van der Waals surface area contributed by atoms with Gasteiger partial charge in [-0.25, -0.2) is 4.39 Å². The van der Waals surface area contributed by atoms with Crippen LogP contribution in [0.25, 0.3) is 0 Å². The van der Waals surface area contributed by atoms with Crippen LogP contribution in [0.1, 0.15) is 18.4 Å². The van der Waals surface area contributed by atoms with Gasteiger partial charge in [0.2, 0.25) is 0 Å². The van der Waals surface area contributed by atoms with Gasteiger partial charge >= 0.3 is 0 Å². The van der Waals surface area contributed by atoms with Crippen LogP contribution >= 0.6 is 11.3 Å². The highest BCUT2D eigenvalue weighted by atomic mass is 32.1. The number of piperidine rings is 1. The zero-order chi connectivity index (χ0) is 17.3. The van der Waals surface area contributed by atoms with Crippen molar-refractivity contribution in [1.29, 1.82) is 0 Å². The molecule has 1 unspecified atom stereocenters. The van der Waals surface area contributed by atoms with E-state index in [1.54, 1.807) is 28.4 Å². The Bertz CT molecular complexity index is 734. The van der Waals surface area contributed by atoms with Crippen molar-refractivity contribution in [2.24, 2.45) is 0 Å². The second-order valence-corrected chi connectivity index (χ2v) is 7.65. The highest BCUT2D eigenvalue weighted by Gasteiger charge is 2.43. The number of amides is 1. The van der Waals surface area contributed by atoms with Gasteiger partial charge in [0.25, 0.3) is 5.91 Å². The van der Waals surface area contributed by atoms with Crippen molar-refractivity contribution in [3.63, 3.8) is 0 Å². The van der Waals surface area contributed by atoms with E-state index in [-0.39, 0.29) is 23.9 Å². The number of benzene rings is 1. The van der Waals surface area contributed by atoms with Gasteiger partial charge in [-0.2, -0.15) is 11.3 Å². The van der Waals surface area contributed by atoms with Gasteiger partial charge in [0.1, 0.15) is 12.4 Å². The average Bonchev–Trinajstić information content (AvgIpc) is 3.11. The molecular weight excluding hydrogens is 339 g/mol. The van der Waals surface area contributed by atoms with Crippen LogP contribution in [-0.4, -0.2) is 42.6 Å². The predicted molar refractivity (Wildman–Crippen MR) is 96.3 cm³/mol. The number of hydrogen-bond acceptors (Lipinski definition) is 4. The van der Waals surface area contributed by atoms with E-state index in [0.29, 0.717) is 6.54 Å². The van der Waals surface area contributed by atoms with Crippen molar-refractivity contribution in [2.75, 3.05) is 31.1 Å². The minimum atomic E-state index is -0.337. The van der Waals surface area contributed by atoms with Crippen molar-refractivity contribution < 1.29 is 13.9 Å². The lowest BCUT2D eigenvalue weighted by molar-refractivity contribution is -0.146. The topological polar surface area (TPSA) is 32.8 Å². The normalized spacial score (nSPS) is 24.8. The molecular formula is C19H21FN2O2S. The summed E-state index contributed by atoms with van der Waals surface area (Å²) in [5.41, 5.74) is 1.73. The third-order valence-corrected chi connectivity index (χ3v) is 5.72. The first-order valence-corrected chi connectivity index (χ1v) is 9.51. The number of anilines is 1. The lowest BCUT2D eigenvalue weighted by atomic mass is 9.90. The molecule has 25 heavy (non-hydrogen) atoms. The number of thiophene rings is 1. The molecule has 2 fully saturated rings. The van der Waals surface area contributed by atoms with Crippen molar-refractivity contribution >= 4 is 22.9 Å². The standard InChI is InChI=1S/C19H21FN2O2S/c20-16-2-4-17(5-3-16)22-14-19(24-11-18(22)23)7-1-8-21(13-19)10-15-6-9-25-12-15/h2-6,9,12H,1,7-8,10-11,13-14H2. The number of carbonyl (C=O) groups excluding carboxylic acids is 1. The second kappa shape index (κ2) is 6.86.